The normalized spacial score (nSPS) is 24.0. The molecule has 1 unspecified atom stereocenters. The Morgan fingerprint density at radius 3 is 2.33 bits per heavy atom. The number of rotatable bonds is 2. The van der Waals surface area contributed by atoms with Gasteiger partial charge in [-0.2, -0.15) is 0 Å². The Bertz CT molecular complexity index is 173. The maximum absolute atomic E-state index is 4.00. The number of hydrogen-bond acceptors (Lipinski definition) is 2. The number of nitrogens with zero attached hydrogens (tertiary/aromatic N) is 1. The van der Waals surface area contributed by atoms with Gasteiger partial charge in [0.15, 0.2) is 0 Å². The van der Waals surface area contributed by atoms with Crippen molar-refractivity contribution in [1.29, 1.82) is 0 Å². The molecule has 1 saturated heterocycles. The lowest BCUT2D eigenvalue weighted by atomic mass is 10.0. The minimum absolute atomic E-state index is 0.555. The molecule has 0 aromatic rings. The van der Waals surface area contributed by atoms with Crippen LogP contribution in [0.3, 0.4) is 0 Å². The molecule has 1 aliphatic rings. The molecule has 2 nitrogen and oxygen atoms in total. The summed E-state index contributed by atoms with van der Waals surface area (Å²) >= 11 is 0. The molecule has 0 saturated carbocycles. The molecule has 12 heavy (non-hydrogen) atoms. The van der Waals surface area contributed by atoms with E-state index in [1.54, 1.807) is 0 Å². The van der Waals surface area contributed by atoms with Gasteiger partial charge in [0.1, 0.15) is 0 Å². The molecule has 0 aromatic carbocycles. The van der Waals surface area contributed by atoms with E-state index in [1.165, 1.54) is 0 Å². The van der Waals surface area contributed by atoms with Gasteiger partial charge in [-0.05, 0) is 19.8 Å². The Morgan fingerprint density at radius 2 is 2.00 bits per heavy atom. The minimum Gasteiger partial charge on any atom is -0.370 e. The van der Waals surface area contributed by atoms with Crippen LogP contribution in [-0.4, -0.2) is 23.5 Å². The van der Waals surface area contributed by atoms with Crippen molar-refractivity contribution in [3.8, 4) is 0 Å². The Hall–Kier alpha value is -0.660. The van der Waals surface area contributed by atoms with Gasteiger partial charge in [0.05, 0.1) is 11.9 Å². The molecular weight excluding hydrogens is 148 g/mol. The molecule has 1 rings (SSSR count). The van der Waals surface area contributed by atoms with E-state index >= 15 is 0 Å². The Balaban J connectivity index is 2.70. The highest BCUT2D eigenvalue weighted by molar-refractivity contribution is 5.04. The highest BCUT2D eigenvalue weighted by atomic mass is 15.3. The third-order valence-electron chi connectivity index (χ3n) is 2.51. The SMILES string of the molecule is C=C1NCC(C(C)C)N1C(C)C. The second-order valence-electron chi connectivity index (χ2n) is 4.14. The first-order valence-electron chi connectivity index (χ1n) is 4.75. The van der Waals surface area contributed by atoms with Crippen LogP contribution in [0.5, 0.6) is 0 Å². The molecule has 0 spiro atoms. The van der Waals surface area contributed by atoms with Gasteiger partial charge in [0.2, 0.25) is 0 Å². The smallest absolute Gasteiger partial charge is 0.0945 e. The van der Waals surface area contributed by atoms with Gasteiger partial charge in [-0.3, -0.25) is 0 Å². The van der Waals surface area contributed by atoms with Crippen LogP contribution in [0, 0.1) is 5.92 Å². The molecule has 0 bridgehead atoms. The zero-order valence-corrected chi connectivity index (χ0v) is 8.59. The van der Waals surface area contributed by atoms with E-state index in [0.29, 0.717) is 18.0 Å². The molecule has 0 aliphatic carbocycles. The highest BCUT2D eigenvalue weighted by Crippen LogP contribution is 2.22. The summed E-state index contributed by atoms with van der Waals surface area (Å²) in [5, 5.41) is 3.31. The van der Waals surface area contributed by atoms with Crippen molar-refractivity contribution in [2.24, 2.45) is 5.92 Å². The minimum atomic E-state index is 0.555. The zero-order valence-electron chi connectivity index (χ0n) is 8.59. The zero-order chi connectivity index (χ0) is 9.30. The molecule has 1 fully saturated rings. The lowest BCUT2D eigenvalue weighted by molar-refractivity contribution is 0.205. The van der Waals surface area contributed by atoms with Gasteiger partial charge in [-0.15, -0.1) is 0 Å². The Morgan fingerprint density at radius 1 is 1.42 bits per heavy atom. The summed E-state index contributed by atoms with van der Waals surface area (Å²) in [6, 6.07) is 1.18. The molecule has 70 valence electrons. The van der Waals surface area contributed by atoms with Crippen molar-refractivity contribution < 1.29 is 0 Å². The van der Waals surface area contributed by atoms with Crippen molar-refractivity contribution in [3.63, 3.8) is 0 Å². The summed E-state index contributed by atoms with van der Waals surface area (Å²) in [7, 11) is 0. The molecular formula is C10H20N2. The molecule has 1 N–H and O–H groups in total. The van der Waals surface area contributed by atoms with Crippen LogP contribution in [-0.2, 0) is 0 Å². The van der Waals surface area contributed by atoms with E-state index in [-0.39, 0.29) is 0 Å². The fourth-order valence-electron chi connectivity index (χ4n) is 1.86. The molecule has 1 heterocycles. The summed E-state index contributed by atoms with van der Waals surface area (Å²) in [6.45, 7) is 14.0. The van der Waals surface area contributed by atoms with Crippen molar-refractivity contribution >= 4 is 0 Å². The predicted molar refractivity (Wildman–Crippen MR) is 52.7 cm³/mol. The van der Waals surface area contributed by atoms with Gasteiger partial charge in [-0.25, -0.2) is 0 Å². The molecule has 0 aromatic heterocycles. The van der Waals surface area contributed by atoms with Crippen molar-refractivity contribution in [2.75, 3.05) is 6.54 Å². The maximum atomic E-state index is 4.00. The summed E-state index contributed by atoms with van der Waals surface area (Å²) in [5.74, 6) is 1.78. The van der Waals surface area contributed by atoms with Crippen molar-refractivity contribution in [3.05, 3.63) is 12.4 Å². The van der Waals surface area contributed by atoms with Gasteiger partial charge in [0, 0.05) is 12.6 Å². The van der Waals surface area contributed by atoms with Crippen LogP contribution in [0.15, 0.2) is 12.4 Å². The van der Waals surface area contributed by atoms with E-state index in [4.69, 9.17) is 0 Å². The highest BCUT2D eigenvalue weighted by Gasteiger charge is 2.30. The number of nitrogens with one attached hydrogen (secondary N) is 1. The maximum Gasteiger partial charge on any atom is 0.0945 e. The van der Waals surface area contributed by atoms with Crippen LogP contribution >= 0.6 is 0 Å². The second-order valence-corrected chi connectivity index (χ2v) is 4.14. The quantitative estimate of drug-likeness (QED) is 0.676. The summed E-state index contributed by atoms with van der Waals surface area (Å²) in [6.07, 6.45) is 0. The Labute approximate surface area is 75.6 Å². The monoisotopic (exact) mass is 168 g/mol. The van der Waals surface area contributed by atoms with Crippen LogP contribution in [0.1, 0.15) is 27.7 Å². The van der Waals surface area contributed by atoms with Crippen molar-refractivity contribution in [2.45, 2.75) is 39.8 Å². The summed E-state index contributed by atoms with van der Waals surface area (Å²) in [5.41, 5.74) is 0. The third-order valence-corrected chi connectivity index (χ3v) is 2.51. The predicted octanol–water partition coefficient (Wildman–Crippen LogP) is 1.80. The van der Waals surface area contributed by atoms with E-state index in [1.807, 2.05) is 0 Å². The van der Waals surface area contributed by atoms with Gasteiger partial charge < -0.3 is 10.2 Å². The summed E-state index contributed by atoms with van der Waals surface area (Å²) in [4.78, 5) is 2.38. The van der Waals surface area contributed by atoms with Gasteiger partial charge >= 0.3 is 0 Å². The van der Waals surface area contributed by atoms with Crippen LogP contribution < -0.4 is 5.32 Å². The standard InChI is InChI=1S/C10H20N2/c1-7(2)10-6-11-9(5)12(10)8(3)4/h7-8,10-11H,5-6H2,1-4H3. The van der Waals surface area contributed by atoms with E-state index in [9.17, 15) is 0 Å². The van der Waals surface area contributed by atoms with Gasteiger partial charge in [-0.1, -0.05) is 20.4 Å². The first-order chi connectivity index (χ1) is 5.54. The fraction of sp³-hybridized carbons (Fsp3) is 0.800. The summed E-state index contributed by atoms with van der Waals surface area (Å²) < 4.78 is 0. The number of hydrogen-bond donors (Lipinski definition) is 1. The van der Waals surface area contributed by atoms with E-state index < -0.39 is 0 Å². The largest absolute Gasteiger partial charge is 0.370 e. The average Bonchev–Trinajstić information content (AvgIpc) is 2.30. The van der Waals surface area contributed by atoms with E-state index in [2.05, 4.69) is 44.5 Å². The van der Waals surface area contributed by atoms with Gasteiger partial charge in [0.25, 0.3) is 0 Å². The average molecular weight is 168 g/mol. The lowest BCUT2D eigenvalue weighted by Crippen LogP contribution is -2.38. The molecule has 1 atom stereocenters. The van der Waals surface area contributed by atoms with Crippen LogP contribution in [0.4, 0.5) is 0 Å². The fourth-order valence-corrected chi connectivity index (χ4v) is 1.86. The first kappa shape index (κ1) is 9.43. The molecule has 1 aliphatic heterocycles. The molecule has 0 amide bonds. The molecule has 0 radical (unpaired) electrons. The Kier molecular flexibility index (Phi) is 2.65. The lowest BCUT2D eigenvalue weighted by Gasteiger charge is -2.32. The third kappa shape index (κ3) is 1.57. The van der Waals surface area contributed by atoms with Crippen LogP contribution in [0.2, 0.25) is 0 Å². The molecule has 2 heteroatoms. The van der Waals surface area contributed by atoms with Crippen molar-refractivity contribution in [1.82, 2.24) is 10.2 Å². The van der Waals surface area contributed by atoms with Crippen LogP contribution in [0.25, 0.3) is 0 Å². The van der Waals surface area contributed by atoms with E-state index in [0.717, 1.165) is 12.4 Å². The topological polar surface area (TPSA) is 15.3 Å². The first-order valence-corrected chi connectivity index (χ1v) is 4.75. The second kappa shape index (κ2) is 3.38.